The Hall–Kier alpha value is -1.45. The van der Waals surface area contributed by atoms with Crippen LogP contribution in [0.1, 0.15) is 39.0 Å². The smallest absolute Gasteiger partial charge is 0.266 e. The molecule has 5 nitrogen and oxygen atoms in total. The van der Waals surface area contributed by atoms with Gasteiger partial charge in [0.2, 0.25) is 0 Å². The van der Waals surface area contributed by atoms with Crippen LogP contribution >= 0.6 is 22.9 Å². The van der Waals surface area contributed by atoms with Gasteiger partial charge in [-0.3, -0.25) is 4.72 Å². The van der Waals surface area contributed by atoms with Crippen molar-refractivity contribution in [3.8, 4) is 0 Å². The molecule has 2 bridgehead atoms. The quantitative estimate of drug-likeness (QED) is 0.517. The van der Waals surface area contributed by atoms with Crippen LogP contribution in [0.15, 0.2) is 23.2 Å². The van der Waals surface area contributed by atoms with Gasteiger partial charge in [0, 0.05) is 6.54 Å². The highest BCUT2D eigenvalue weighted by atomic mass is 35.5. The van der Waals surface area contributed by atoms with Gasteiger partial charge in [-0.15, -0.1) is 0 Å². The lowest BCUT2D eigenvalue weighted by atomic mass is 9.42. The van der Waals surface area contributed by atoms with E-state index in [1.165, 1.54) is 19.3 Å². The molecule has 2 N–H and O–H groups in total. The van der Waals surface area contributed by atoms with E-state index in [4.69, 9.17) is 11.6 Å². The molecule has 0 amide bonds. The van der Waals surface area contributed by atoms with Crippen molar-refractivity contribution in [1.29, 1.82) is 0 Å². The van der Waals surface area contributed by atoms with Gasteiger partial charge in [-0.2, -0.15) is 4.39 Å². The molecule has 0 spiro atoms. The second-order valence-electron chi connectivity index (χ2n) is 8.18. The summed E-state index contributed by atoms with van der Waals surface area (Å²) in [5, 5.41) is 2.46. The van der Waals surface area contributed by atoms with Gasteiger partial charge in [-0.05, 0) is 55.1 Å². The molecular formula is C19H22ClF2N3O2S2. The van der Waals surface area contributed by atoms with E-state index in [0.717, 1.165) is 37.1 Å². The number of thiazole rings is 1. The first kappa shape index (κ1) is 20.8. The summed E-state index contributed by atoms with van der Waals surface area (Å²) in [5.41, 5.74) is 0.889. The number of hydrogen-bond donors (Lipinski definition) is 2. The molecule has 2 aromatic rings. The van der Waals surface area contributed by atoms with Gasteiger partial charge in [0.05, 0.1) is 16.9 Å². The second-order valence-corrected chi connectivity index (χ2v) is 11.2. The van der Waals surface area contributed by atoms with Crippen LogP contribution in [-0.2, 0) is 10.0 Å². The van der Waals surface area contributed by atoms with Crippen molar-refractivity contribution in [2.45, 2.75) is 43.9 Å². The number of nitrogens with one attached hydrogen (secondary N) is 2. The van der Waals surface area contributed by atoms with Crippen molar-refractivity contribution in [2.24, 2.45) is 17.3 Å². The van der Waals surface area contributed by atoms with Crippen molar-refractivity contribution in [3.63, 3.8) is 0 Å². The van der Waals surface area contributed by atoms with E-state index >= 15 is 0 Å². The molecule has 3 aliphatic carbocycles. The normalized spacial score (nSPS) is 23.8. The lowest BCUT2D eigenvalue weighted by Crippen LogP contribution is -2.52. The highest BCUT2D eigenvalue weighted by molar-refractivity contribution is 7.93. The van der Waals surface area contributed by atoms with E-state index in [9.17, 15) is 17.2 Å². The zero-order chi connectivity index (χ0) is 20.8. The molecule has 10 heteroatoms. The third-order valence-corrected chi connectivity index (χ3v) is 8.55. The van der Waals surface area contributed by atoms with Gasteiger partial charge in [-0.1, -0.05) is 36.3 Å². The molecule has 29 heavy (non-hydrogen) atoms. The van der Waals surface area contributed by atoms with Gasteiger partial charge < -0.3 is 5.32 Å². The molecule has 1 aromatic carbocycles. The predicted molar refractivity (Wildman–Crippen MR) is 111 cm³/mol. The monoisotopic (exact) mass is 461 g/mol. The zero-order valence-electron chi connectivity index (χ0n) is 15.8. The Morgan fingerprint density at radius 1 is 1.34 bits per heavy atom. The number of nitrogens with zero attached hydrogens (tertiary/aromatic N) is 1. The number of sulfonamides is 1. The van der Waals surface area contributed by atoms with Gasteiger partial charge >= 0.3 is 0 Å². The summed E-state index contributed by atoms with van der Waals surface area (Å²) in [4.78, 5) is 2.98. The van der Waals surface area contributed by atoms with Crippen LogP contribution in [-0.4, -0.2) is 19.9 Å². The van der Waals surface area contributed by atoms with Crippen LogP contribution in [0.5, 0.6) is 0 Å². The topological polar surface area (TPSA) is 71.1 Å². The maximum atomic E-state index is 14.6. The molecule has 3 fully saturated rings. The first-order valence-corrected chi connectivity index (χ1v) is 12.2. The molecule has 1 atom stereocenters. The van der Waals surface area contributed by atoms with Crippen molar-refractivity contribution < 1.29 is 17.2 Å². The molecule has 0 unspecified atom stereocenters. The molecule has 1 aromatic heterocycles. The molecule has 3 aliphatic rings. The van der Waals surface area contributed by atoms with Crippen LogP contribution in [0.3, 0.4) is 0 Å². The van der Waals surface area contributed by atoms with Crippen LogP contribution in [0.4, 0.5) is 19.6 Å². The first-order valence-electron chi connectivity index (χ1n) is 9.57. The van der Waals surface area contributed by atoms with E-state index < -0.39 is 25.9 Å². The van der Waals surface area contributed by atoms with E-state index in [1.807, 2.05) is 0 Å². The average molecular weight is 462 g/mol. The highest BCUT2D eigenvalue weighted by Crippen LogP contribution is 2.67. The molecule has 0 radical (unpaired) electrons. The van der Waals surface area contributed by atoms with Gasteiger partial charge in [0.25, 0.3) is 10.0 Å². The Morgan fingerprint density at radius 2 is 2.07 bits per heavy atom. The first-order chi connectivity index (χ1) is 13.7. The Kier molecular flexibility index (Phi) is 5.50. The molecule has 3 saturated carbocycles. The number of hydrogen-bond acceptors (Lipinski definition) is 5. The summed E-state index contributed by atoms with van der Waals surface area (Å²) >= 11 is 6.74. The fraction of sp³-hybridized carbons (Fsp3) is 0.526. The summed E-state index contributed by atoms with van der Waals surface area (Å²) in [6, 6.07) is 2.15. The lowest BCUT2D eigenvalue weighted by Gasteiger charge is -2.63. The Bertz CT molecular complexity index is 1010. The average Bonchev–Trinajstić information content (AvgIpc) is 2.98. The summed E-state index contributed by atoms with van der Waals surface area (Å²) in [6.07, 6.45) is 7.06. The minimum absolute atomic E-state index is 0.109. The summed E-state index contributed by atoms with van der Waals surface area (Å²) in [6.45, 7) is 2.80. The number of halogens is 3. The van der Waals surface area contributed by atoms with Crippen molar-refractivity contribution in [3.05, 3.63) is 34.3 Å². The standard InChI is InChI=1S/C19H22ClF2N3O2S2/c1-2-11(5-19-6-12(7-19)8-19)9-23-15-4-14(21)16(3-13(15)20)29(26,27)25-18-24-10-17(22)28-18/h3-4,10-12,23H,2,5-9H2,1H3,(H,24,25)/t11-,12?,19?/m0/s1. The third-order valence-electron chi connectivity index (χ3n) is 6.06. The minimum atomic E-state index is -4.28. The Labute approximate surface area is 177 Å². The minimum Gasteiger partial charge on any atom is -0.383 e. The fourth-order valence-corrected chi connectivity index (χ4v) is 6.64. The molecule has 1 heterocycles. The van der Waals surface area contributed by atoms with Crippen LogP contribution in [0.25, 0.3) is 0 Å². The van der Waals surface area contributed by atoms with E-state index in [0.29, 0.717) is 34.9 Å². The van der Waals surface area contributed by atoms with Crippen molar-refractivity contribution in [2.75, 3.05) is 16.6 Å². The lowest BCUT2D eigenvalue weighted by molar-refractivity contribution is -0.121. The second kappa shape index (κ2) is 7.67. The maximum absolute atomic E-state index is 14.6. The number of benzene rings is 1. The van der Waals surface area contributed by atoms with Crippen molar-refractivity contribution >= 4 is 43.8 Å². The molecule has 5 rings (SSSR count). The van der Waals surface area contributed by atoms with E-state index in [2.05, 4.69) is 21.9 Å². The molecule has 0 saturated heterocycles. The van der Waals surface area contributed by atoms with Crippen LogP contribution in [0.2, 0.25) is 5.02 Å². The molecule has 158 valence electrons. The molecular weight excluding hydrogens is 440 g/mol. The highest BCUT2D eigenvalue weighted by Gasteiger charge is 2.56. The van der Waals surface area contributed by atoms with Gasteiger partial charge in [0.1, 0.15) is 10.7 Å². The predicted octanol–water partition coefficient (Wildman–Crippen LogP) is 5.50. The van der Waals surface area contributed by atoms with Crippen LogP contribution < -0.4 is 10.0 Å². The Balaban J connectivity index is 1.44. The van der Waals surface area contributed by atoms with Crippen molar-refractivity contribution in [1.82, 2.24) is 4.98 Å². The SMILES string of the molecule is CC[C@H](CNc1cc(F)c(S(=O)(=O)Nc2ncc(F)s2)cc1Cl)CC12CC(C1)C2. The Morgan fingerprint density at radius 3 is 2.62 bits per heavy atom. The fourth-order valence-electron chi connectivity index (χ4n) is 4.48. The number of rotatable bonds is 9. The van der Waals surface area contributed by atoms with Crippen LogP contribution in [0, 0.1) is 28.2 Å². The summed E-state index contributed by atoms with van der Waals surface area (Å²) in [5.74, 6) is 0.460. The molecule has 0 aliphatic heterocycles. The zero-order valence-corrected chi connectivity index (χ0v) is 18.2. The maximum Gasteiger partial charge on any atom is 0.266 e. The summed E-state index contributed by atoms with van der Waals surface area (Å²) < 4.78 is 54.5. The van der Waals surface area contributed by atoms with Gasteiger partial charge in [-0.25, -0.2) is 17.8 Å². The number of anilines is 2. The van der Waals surface area contributed by atoms with E-state index in [-0.39, 0.29) is 10.2 Å². The van der Waals surface area contributed by atoms with E-state index in [1.54, 1.807) is 0 Å². The third kappa shape index (κ3) is 4.22. The largest absolute Gasteiger partial charge is 0.383 e. The van der Waals surface area contributed by atoms with Gasteiger partial charge in [0.15, 0.2) is 10.3 Å². The number of aromatic nitrogens is 1. The summed E-state index contributed by atoms with van der Waals surface area (Å²) in [7, 11) is -4.28.